The van der Waals surface area contributed by atoms with Gasteiger partial charge in [0, 0.05) is 12.5 Å². The Hall–Kier alpha value is -1.36. The molecule has 0 bridgehead atoms. The maximum Gasteiger partial charge on any atom is 0.222 e. The zero-order chi connectivity index (χ0) is 10.7. The lowest BCUT2D eigenvalue weighted by molar-refractivity contribution is 0.138. The largest absolute Gasteiger partial charge is 0.396 e. The van der Waals surface area contributed by atoms with Gasteiger partial charge >= 0.3 is 0 Å². The van der Waals surface area contributed by atoms with Crippen molar-refractivity contribution in [2.24, 2.45) is 5.92 Å². The Labute approximate surface area is 88.7 Å². The van der Waals surface area contributed by atoms with E-state index in [9.17, 15) is 5.11 Å². The van der Waals surface area contributed by atoms with E-state index in [1.54, 1.807) is 12.4 Å². The van der Waals surface area contributed by atoms with Gasteiger partial charge in [0.2, 0.25) is 5.95 Å². The molecule has 2 atom stereocenters. The van der Waals surface area contributed by atoms with Gasteiger partial charge in [-0.3, -0.25) is 0 Å². The van der Waals surface area contributed by atoms with Crippen LogP contribution in [0.2, 0.25) is 0 Å². The second-order valence-electron chi connectivity index (χ2n) is 3.98. The molecule has 1 saturated carbocycles. The third kappa shape index (κ3) is 2.56. The first-order valence-corrected chi connectivity index (χ1v) is 5.25. The number of aromatic nitrogens is 2. The quantitative estimate of drug-likeness (QED) is 0.678. The molecule has 0 amide bonds. The van der Waals surface area contributed by atoms with Crippen molar-refractivity contribution in [2.45, 2.75) is 25.4 Å². The van der Waals surface area contributed by atoms with Crippen LogP contribution in [-0.2, 0) is 0 Å². The number of nitrogen functional groups attached to an aromatic ring is 1. The van der Waals surface area contributed by atoms with Gasteiger partial charge < -0.3 is 16.2 Å². The molecule has 82 valence electrons. The van der Waals surface area contributed by atoms with Crippen LogP contribution in [0.25, 0.3) is 0 Å². The minimum Gasteiger partial charge on any atom is -0.396 e. The molecule has 1 aliphatic rings. The van der Waals surface area contributed by atoms with Crippen molar-refractivity contribution in [1.29, 1.82) is 0 Å². The van der Waals surface area contributed by atoms with Gasteiger partial charge in [-0.15, -0.1) is 0 Å². The van der Waals surface area contributed by atoms with Gasteiger partial charge in [0.1, 0.15) is 0 Å². The summed E-state index contributed by atoms with van der Waals surface area (Å²) >= 11 is 0. The number of hydrogen-bond acceptors (Lipinski definition) is 5. The standard InChI is InChI=1S/C10H16N4O/c11-8-5-13-10(14-6-8)12-4-7-2-1-3-9(7)15/h5-7,9,15H,1-4,11H2,(H,12,13,14). The third-order valence-electron chi connectivity index (χ3n) is 2.81. The van der Waals surface area contributed by atoms with Crippen molar-refractivity contribution in [3.05, 3.63) is 12.4 Å². The molecule has 1 heterocycles. The number of nitrogens with zero attached hydrogens (tertiary/aromatic N) is 2. The summed E-state index contributed by atoms with van der Waals surface area (Å²) < 4.78 is 0. The minimum absolute atomic E-state index is 0.175. The molecule has 0 saturated heterocycles. The summed E-state index contributed by atoms with van der Waals surface area (Å²) in [6.07, 6.45) is 6.06. The highest BCUT2D eigenvalue weighted by Crippen LogP contribution is 2.25. The third-order valence-corrected chi connectivity index (χ3v) is 2.81. The molecular weight excluding hydrogens is 192 g/mol. The van der Waals surface area contributed by atoms with Crippen molar-refractivity contribution in [2.75, 3.05) is 17.6 Å². The predicted octanol–water partition coefficient (Wildman–Crippen LogP) is 0.632. The van der Waals surface area contributed by atoms with Crippen LogP contribution in [-0.4, -0.2) is 27.7 Å². The Bertz CT molecular complexity index is 314. The molecule has 5 heteroatoms. The van der Waals surface area contributed by atoms with E-state index in [0.29, 0.717) is 17.6 Å². The Balaban J connectivity index is 1.85. The Morgan fingerprint density at radius 2 is 2.13 bits per heavy atom. The average Bonchev–Trinajstić information content (AvgIpc) is 2.63. The van der Waals surface area contributed by atoms with Crippen LogP contribution >= 0.6 is 0 Å². The second-order valence-corrected chi connectivity index (χ2v) is 3.98. The van der Waals surface area contributed by atoms with Crippen LogP contribution in [0.4, 0.5) is 11.6 Å². The zero-order valence-corrected chi connectivity index (χ0v) is 8.56. The highest BCUT2D eigenvalue weighted by Gasteiger charge is 2.24. The van der Waals surface area contributed by atoms with Crippen LogP contribution in [0.1, 0.15) is 19.3 Å². The second kappa shape index (κ2) is 4.44. The van der Waals surface area contributed by atoms with Crippen molar-refractivity contribution in [1.82, 2.24) is 9.97 Å². The number of anilines is 2. The number of aliphatic hydroxyl groups is 1. The molecule has 0 radical (unpaired) electrons. The van der Waals surface area contributed by atoms with Gasteiger partial charge in [0.15, 0.2) is 0 Å². The summed E-state index contributed by atoms with van der Waals surface area (Å²) in [4.78, 5) is 8.07. The summed E-state index contributed by atoms with van der Waals surface area (Å²) in [6, 6.07) is 0. The molecule has 1 fully saturated rings. The number of hydrogen-bond donors (Lipinski definition) is 3. The number of aliphatic hydroxyl groups excluding tert-OH is 1. The van der Waals surface area contributed by atoms with Crippen LogP contribution in [0, 0.1) is 5.92 Å². The normalized spacial score (nSPS) is 25.4. The maximum absolute atomic E-state index is 9.61. The molecule has 0 aliphatic heterocycles. The lowest BCUT2D eigenvalue weighted by atomic mass is 10.1. The SMILES string of the molecule is Nc1cnc(NCC2CCCC2O)nc1. The molecule has 1 aromatic rings. The fourth-order valence-corrected chi connectivity index (χ4v) is 1.91. The van der Waals surface area contributed by atoms with Crippen molar-refractivity contribution in [3.63, 3.8) is 0 Å². The van der Waals surface area contributed by atoms with Crippen LogP contribution in [0.5, 0.6) is 0 Å². The van der Waals surface area contributed by atoms with E-state index in [4.69, 9.17) is 5.73 Å². The van der Waals surface area contributed by atoms with E-state index in [-0.39, 0.29) is 6.10 Å². The molecule has 5 nitrogen and oxygen atoms in total. The Morgan fingerprint density at radius 3 is 2.73 bits per heavy atom. The van der Waals surface area contributed by atoms with Crippen molar-refractivity contribution < 1.29 is 5.11 Å². The fourth-order valence-electron chi connectivity index (χ4n) is 1.91. The molecule has 15 heavy (non-hydrogen) atoms. The van der Waals surface area contributed by atoms with E-state index in [2.05, 4.69) is 15.3 Å². The molecule has 0 aromatic carbocycles. The summed E-state index contributed by atoms with van der Waals surface area (Å²) in [5, 5.41) is 12.7. The lowest BCUT2D eigenvalue weighted by Gasteiger charge is -2.14. The molecular formula is C10H16N4O. The van der Waals surface area contributed by atoms with Crippen molar-refractivity contribution >= 4 is 11.6 Å². The molecule has 2 rings (SSSR count). The highest BCUT2D eigenvalue weighted by atomic mass is 16.3. The van der Waals surface area contributed by atoms with E-state index in [1.807, 2.05) is 0 Å². The predicted molar refractivity (Wildman–Crippen MR) is 58.3 cm³/mol. The number of nitrogens with one attached hydrogen (secondary N) is 1. The Morgan fingerprint density at radius 1 is 1.40 bits per heavy atom. The van der Waals surface area contributed by atoms with E-state index in [1.165, 1.54) is 0 Å². The van der Waals surface area contributed by atoms with E-state index < -0.39 is 0 Å². The lowest BCUT2D eigenvalue weighted by Crippen LogP contribution is -2.22. The van der Waals surface area contributed by atoms with Crippen molar-refractivity contribution in [3.8, 4) is 0 Å². The van der Waals surface area contributed by atoms with E-state index >= 15 is 0 Å². The van der Waals surface area contributed by atoms with Gasteiger partial charge in [0.05, 0.1) is 24.2 Å². The van der Waals surface area contributed by atoms with Gasteiger partial charge in [-0.25, -0.2) is 9.97 Å². The van der Waals surface area contributed by atoms with Gasteiger partial charge in [0.25, 0.3) is 0 Å². The molecule has 0 spiro atoms. The molecule has 4 N–H and O–H groups in total. The molecule has 2 unspecified atom stereocenters. The average molecular weight is 208 g/mol. The minimum atomic E-state index is -0.175. The summed E-state index contributed by atoms with van der Waals surface area (Å²) in [5.74, 6) is 0.898. The Kier molecular flexibility index (Phi) is 3.01. The van der Waals surface area contributed by atoms with Crippen LogP contribution < -0.4 is 11.1 Å². The fraction of sp³-hybridized carbons (Fsp3) is 0.600. The first-order valence-electron chi connectivity index (χ1n) is 5.25. The van der Waals surface area contributed by atoms with Gasteiger partial charge in [-0.2, -0.15) is 0 Å². The maximum atomic E-state index is 9.61. The van der Waals surface area contributed by atoms with Gasteiger partial charge in [-0.05, 0) is 12.8 Å². The number of nitrogens with two attached hydrogens (primary N) is 1. The monoisotopic (exact) mass is 208 g/mol. The topological polar surface area (TPSA) is 84.1 Å². The van der Waals surface area contributed by atoms with Crippen LogP contribution in [0.15, 0.2) is 12.4 Å². The molecule has 1 aromatic heterocycles. The zero-order valence-electron chi connectivity index (χ0n) is 8.56. The summed E-state index contributed by atoms with van der Waals surface area (Å²) in [7, 11) is 0. The van der Waals surface area contributed by atoms with Gasteiger partial charge in [-0.1, -0.05) is 6.42 Å². The summed E-state index contributed by atoms with van der Waals surface area (Å²) in [5.41, 5.74) is 6.03. The smallest absolute Gasteiger partial charge is 0.222 e. The first-order chi connectivity index (χ1) is 7.25. The number of rotatable bonds is 3. The molecule has 1 aliphatic carbocycles. The summed E-state index contributed by atoms with van der Waals surface area (Å²) in [6.45, 7) is 0.727. The highest BCUT2D eigenvalue weighted by molar-refractivity contribution is 5.35. The van der Waals surface area contributed by atoms with E-state index in [0.717, 1.165) is 25.8 Å². The first kappa shape index (κ1) is 10.2. The van der Waals surface area contributed by atoms with Crippen LogP contribution in [0.3, 0.4) is 0 Å².